The van der Waals surface area contributed by atoms with Gasteiger partial charge in [-0.25, -0.2) is 18.0 Å². The first-order valence-corrected chi connectivity index (χ1v) is 9.27. The van der Waals surface area contributed by atoms with E-state index in [2.05, 4.69) is 5.32 Å². The molecule has 30 heavy (non-hydrogen) atoms. The van der Waals surface area contributed by atoms with Crippen LogP contribution in [0, 0.1) is 17.5 Å². The molecule has 0 bridgehead atoms. The Bertz CT molecular complexity index is 1010. The van der Waals surface area contributed by atoms with E-state index in [4.69, 9.17) is 0 Å². The number of hydrogen-bond donors (Lipinski definition) is 1. The molecule has 1 N–H and O–H groups in total. The monoisotopic (exact) mass is 419 g/mol. The van der Waals surface area contributed by atoms with Gasteiger partial charge >= 0.3 is 6.03 Å². The zero-order chi connectivity index (χ0) is 22.1. The summed E-state index contributed by atoms with van der Waals surface area (Å²) in [4.78, 5) is 40.0. The van der Waals surface area contributed by atoms with Crippen LogP contribution in [0.1, 0.15) is 25.0 Å². The molecule has 1 saturated heterocycles. The largest absolute Gasteiger partial charge is 0.337 e. The fourth-order valence-electron chi connectivity index (χ4n) is 3.37. The molecule has 2 aromatic rings. The molecule has 0 saturated carbocycles. The summed E-state index contributed by atoms with van der Waals surface area (Å²) in [6, 6.07) is 7.43. The molecule has 1 atom stereocenters. The van der Waals surface area contributed by atoms with Crippen molar-refractivity contribution in [2.45, 2.75) is 25.9 Å². The lowest BCUT2D eigenvalue weighted by molar-refractivity contribution is -0.139. The number of halogens is 3. The highest BCUT2D eigenvalue weighted by molar-refractivity contribution is 6.09. The maximum Gasteiger partial charge on any atom is 0.325 e. The summed E-state index contributed by atoms with van der Waals surface area (Å²) in [6.07, 6.45) is 0. The number of likely N-dealkylation sites (N-methyl/N-ethyl adjacent to an activating group) is 1. The Labute approximate surface area is 171 Å². The predicted octanol–water partition coefficient (Wildman–Crippen LogP) is 2.92. The van der Waals surface area contributed by atoms with Crippen molar-refractivity contribution in [2.24, 2.45) is 0 Å². The van der Waals surface area contributed by atoms with E-state index in [0.29, 0.717) is 10.5 Å². The van der Waals surface area contributed by atoms with Gasteiger partial charge in [0.2, 0.25) is 5.91 Å². The zero-order valence-electron chi connectivity index (χ0n) is 16.4. The van der Waals surface area contributed by atoms with Gasteiger partial charge in [0.25, 0.3) is 5.91 Å². The molecule has 2 aromatic carbocycles. The van der Waals surface area contributed by atoms with E-state index in [0.717, 1.165) is 18.2 Å². The second-order valence-corrected chi connectivity index (χ2v) is 7.11. The third-order valence-corrected chi connectivity index (χ3v) is 5.03. The van der Waals surface area contributed by atoms with Crippen molar-refractivity contribution in [3.63, 3.8) is 0 Å². The van der Waals surface area contributed by atoms with Gasteiger partial charge in [0, 0.05) is 18.7 Å². The molecule has 1 aliphatic heterocycles. The molecule has 1 aliphatic rings. The summed E-state index contributed by atoms with van der Waals surface area (Å²) >= 11 is 0. The molecule has 3 rings (SSSR count). The summed E-state index contributed by atoms with van der Waals surface area (Å²) in [7, 11) is 0. The Balaban J connectivity index is 1.79. The number of nitrogens with one attached hydrogen (secondary N) is 1. The van der Waals surface area contributed by atoms with E-state index < -0.39 is 47.4 Å². The number of rotatable bonds is 6. The number of carbonyl (C=O) groups is 3. The number of amides is 4. The maximum atomic E-state index is 14.2. The van der Waals surface area contributed by atoms with Gasteiger partial charge in [-0.2, -0.15) is 0 Å². The molecule has 1 fully saturated rings. The smallest absolute Gasteiger partial charge is 0.325 e. The van der Waals surface area contributed by atoms with Crippen molar-refractivity contribution in [3.8, 4) is 0 Å². The van der Waals surface area contributed by atoms with Crippen molar-refractivity contribution in [1.82, 2.24) is 15.1 Å². The Morgan fingerprint density at radius 3 is 2.47 bits per heavy atom. The normalized spacial score (nSPS) is 18.5. The molecule has 0 radical (unpaired) electrons. The molecule has 4 amide bonds. The number of benzene rings is 2. The molecule has 9 heteroatoms. The fourth-order valence-corrected chi connectivity index (χ4v) is 3.37. The van der Waals surface area contributed by atoms with Gasteiger partial charge in [-0.05, 0) is 49.7 Å². The summed E-state index contributed by atoms with van der Waals surface area (Å²) in [6.45, 7) is 2.72. The number of hydrogen-bond acceptors (Lipinski definition) is 3. The van der Waals surface area contributed by atoms with E-state index >= 15 is 0 Å². The van der Waals surface area contributed by atoms with E-state index in [-0.39, 0.29) is 18.7 Å². The van der Waals surface area contributed by atoms with Gasteiger partial charge in [0.1, 0.15) is 29.5 Å². The predicted molar refractivity (Wildman–Crippen MR) is 101 cm³/mol. The molecule has 0 aliphatic carbocycles. The van der Waals surface area contributed by atoms with Crippen molar-refractivity contribution in [2.75, 3.05) is 13.1 Å². The Morgan fingerprint density at radius 1 is 1.10 bits per heavy atom. The number of carbonyl (C=O) groups excluding carboxylic acids is 3. The third-order valence-electron chi connectivity index (χ3n) is 5.03. The first-order chi connectivity index (χ1) is 14.2. The summed E-state index contributed by atoms with van der Waals surface area (Å²) in [5.74, 6) is -3.49. The average Bonchev–Trinajstić information content (AvgIpc) is 2.91. The minimum atomic E-state index is -1.84. The summed E-state index contributed by atoms with van der Waals surface area (Å²) in [5.41, 5.74) is -1.62. The molecule has 1 unspecified atom stereocenters. The molecule has 158 valence electrons. The lowest BCUT2D eigenvalue weighted by Gasteiger charge is -2.25. The van der Waals surface area contributed by atoms with Gasteiger partial charge in [0.15, 0.2) is 0 Å². The highest BCUT2D eigenvalue weighted by Crippen LogP contribution is 2.31. The molecule has 1 heterocycles. The quantitative estimate of drug-likeness (QED) is 0.732. The van der Waals surface area contributed by atoms with Crippen LogP contribution in [0.4, 0.5) is 18.0 Å². The third kappa shape index (κ3) is 4.00. The topological polar surface area (TPSA) is 69.7 Å². The van der Waals surface area contributed by atoms with E-state index in [1.807, 2.05) is 0 Å². The molecule has 0 spiro atoms. The first kappa shape index (κ1) is 21.4. The fraction of sp³-hybridized carbons (Fsp3) is 0.286. The molecule has 6 nitrogen and oxygen atoms in total. The van der Waals surface area contributed by atoms with E-state index in [1.54, 1.807) is 13.0 Å². The van der Waals surface area contributed by atoms with Crippen molar-refractivity contribution in [1.29, 1.82) is 0 Å². The Morgan fingerprint density at radius 2 is 1.80 bits per heavy atom. The minimum Gasteiger partial charge on any atom is -0.337 e. The van der Waals surface area contributed by atoms with Crippen LogP contribution in [0.2, 0.25) is 0 Å². The molecular formula is C21H20F3N3O3. The van der Waals surface area contributed by atoms with Crippen molar-refractivity contribution < 1.29 is 27.6 Å². The Hall–Kier alpha value is -3.36. The van der Waals surface area contributed by atoms with Crippen LogP contribution in [0.5, 0.6) is 0 Å². The number of imide groups is 1. The molecule has 0 aromatic heterocycles. The Kier molecular flexibility index (Phi) is 5.82. The van der Waals surface area contributed by atoms with Gasteiger partial charge < -0.3 is 10.2 Å². The van der Waals surface area contributed by atoms with Gasteiger partial charge in [-0.1, -0.05) is 12.1 Å². The second-order valence-electron chi connectivity index (χ2n) is 7.11. The second kappa shape index (κ2) is 8.17. The SMILES string of the molecule is CCN(Cc1cccc(F)c1)C(=O)CN1C(=O)NC(C)(c2cc(F)ccc2F)C1=O. The van der Waals surface area contributed by atoms with Crippen LogP contribution in [-0.4, -0.2) is 40.7 Å². The number of nitrogens with zero attached hydrogens (tertiary/aromatic N) is 2. The van der Waals surface area contributed by atoms with E-state index in [9.17, 15) is 27.6 Å². The van der Waals surface area contributed by atoms with Crippen molar-refractivity contribution >= 4 is 17.8 Å². The van der Waals surface area contributed by atoms with Crippen LogP contribution in [0.3, 0.4) is 0 Å². The van der Waals surface area contributed by atoms with Crippen molar-refractivity contribution in [3.05, 3.63) is 71.0 Å². The van der Waals surface area contributed by atoms with Gasteiger partial charge in [-0.3, -0.25) is 14.5 Å². The van der Waals surface area contributed by atoms with Gasteiger partial charge in [0.05, 0.1) is 0 Å². The first-order valence-electron chi connectivity index (χ1n) is 9.27. The van der Waals surface area contributed by atoms with Crippen LogP contribution < -0.4 is 5.32 Å². The zero-order valence-corrected chi connectivity index (χ0v) is 16.4. The van der Waals surface area contributed by atoms with Gasteiger partial charge in [-0.15, -0.1) is 0 Å². The van der Waals surface area contributed by atoms with Crippen LogP contribution >= 0.6 is 0 Å². The maximum absolute atomic E-state index is 14.2. The van der Waals surface area contributed by atoms with E-state index in [1.165, 1.54) is 30.0 Å². The highest BCUT2D eigenvalue weighted by Gasteiger charge is 2.51. The summed E-state index contributed by atoms with van der Waals surface area (Å²) < 4.78 is 41.2. The highest BCUT2D eigenvalue weighted by atomic mass is 19.1. The van der Waals surface area contributed by atoms with Crippen LogP contribution in [0.25, 0.3) is 0 Å². The number of urea groups is 1. The van der Waals surface area contributed by atoms with Crippen LogP contribution in [-0.2, 0) is 21.7 Å². The molecular weight excluding hydrogens is 399 g/mol. The lowest BCUT2D eigenvalue weighted by Crippen LogP contribution is -2.44. The standard InChI is InChI=1S/C21H20F3N3O3/c1-3-26(11-13-5-4-6-14(22)9-13)18(28)12-27-19(29)21(2,25-20(27)30)16-10-15(23)7-8-17(16)24/h4-10H,3,11-12H2,1-2H3,(H,25,30). The average molecular weight is 419 g/mol. The lowest BCUT2D eigenvalue weighted by atomic mass is 9.91. The van der Waals surface area contributed by atoms with Crippen LogP contribution in [0.15, 0.2) is 42.5 Å². The summed E-state index contributed by atoms with van der Waals surface area (Å²) in [5, 5.41) is 2.34. The minimum absolute atomic E-state index is 0.0898.